The van der Waals surface area contributed by atoms with Gasteiger partial charge in [0, 0.05) is 10.8 Å². The molecule has 0 bridgehead atoms. The summed E-state index contributed by atoms with van der Waals surface area (Å²) in [4.78, 5) is 0. The Bertz CT molecular complexity index is 473. The van der Waals surface area contributed by atoms with Crippen LogP contribution in [0.3, 0.4) is 0 Å². The maximum absolute atomic E-state index is 12.8. The van der Waals surface area contributed by atoms with Crippen LogP contribution >= 0.6 is 23.2 Å². The predicted molar refractivity (Wildman–Crippen MR) is 49.5 cm³/mol. The summed E-state index contributed by atoms with van der Waals surface area (Å²) in [5.41, 5.74) is 0. The van der Waals surface area contributed by atoms with E-state index >= 15 is 0 Å². The van der Waals surface area contributed by atoms with Gasteiger partial charge in [-0.25, -0.2) is 4.39 Å². The third kappa shape index (κ3) is 1.45. The molecule has 0 saturated heterocycles. The van der Waals surface area contributed by atoms with E-state index in [1.165, 1.54) is 18.2 Å². The lowest BCUT2D eigenvalue weighted by Gasteiger charge is -1.99. The zero-order chi connectivity index (χ0) is 9.42. The monoisotopic (exact) mass is 216 g/mol. The van der Waals surface area contributed by atoms with E-state index in [-0.39, 0.29) is 16.1 Å². The number of fused-ring (bicyclic) bond motifs is 1. The first-order valence-electron chi connectivity index (χ1n) is 3.45. The molecule has 0 spiro atoms. The van der Waals surface area contributed by atoms with Crippen molar-refractivity contribution < 1.29 is 4.39 Å². The van der Waals surface area contributed by atoms with Gasteiger partial charge in [-0.3, -0.25) is 0 Å². The molecule has 2 nitrogen and oxygen atoms in total. The van der Waals surface area contributed by atoms with Crippen molar-refractivity contribution in [2.45, 2.75) is 0 Å². The maximum Gasteiger partial charge on any atom is 0.159 e. The van der Waals surface area contributed by atoms with E-state index in [0.29, 0.717) is 10.8 Å². The molecule has 0 fully saturated rings. The summed E-state index contributed by atoms with van der Waals surface area (Å²) in [6.07, 6.45) is 0. The minimum Gasteiger partial charge on any atom is -0.207 e. The number of aromatic nitrogens is 2. The van der Waals surface area contributed by atoms with Crippen molar-refractivity contribution in [2.75, 3.05) is 0 Å². The maximum atomic E-state index is 12.8. The van der Waals surface area contributed by atoms with Gasteiger partial charge in [-0.05, 0) is 18.2 Å². The topological polar surface area (TPSA) is 25.8 Å². The van der Waals surface area contributed by atoms with Crippen molar-refractivity contribution in [3.8, 4) is 0 Å². The van der Waals surface area contributed by atoms with Crippen molar-refractivity contribution in [3.63, 3.8) is 0 Å². The van der Waals surface area contributed by atoms with Gasteiger partial charge in [0.25, 0.3) is 0 Å². The van der Waals surface area contributed by atoms with Crippen LogP contribution in [0.5, 0.6) is 0 Å². The first kappa shape index (κ1) is 8.66. The van der Waals surface area contributed by atoms with Crippen molar-refractivity contribution >= 4 is 34.0 Å². The van der Waals surface area contributed by atoms with Crippen LogP contribution in [0, 0.1) is 5.82 Å². The van der Waals surface area contributed by atoms with Gasteiger partial charge in [0.2, 0.25) is 0 Å². The second kappa shape index (κ2) is 3.09. The number of hydrogen-bond donors (Lipinski definition) is 0. The average Bonchev–Trinajstić information content (AvgIpc) is 2.12. The molecule has 0 amide bonds. The molecule has 5 heteroatoms. The normalized spacial score (nSPS) is 10.7. The van der Waals surface area contributed by atoms with Crippen LogP contribution in [0.1, 0.15) is 0 Å². The van der Waals surface area contributed by atoms with E-state index < -0.39 is 0 Å². The molecule has 0 aliphatic carbocycles. The molecule has 2 aromatic rings. The number of nitrogens with zero attached hydrogens (tertiary/aromatic N) is 2. The zero-order valence-corrected chi connectivity index (χ0v) is 7.77. The first-order chi connectivity index (χ1) is 6.18. The molecule has 0 aliphatic heterocycles. The molecule has 0 radical (unpaired) electrons. The third-order valence-electron chi connectivity index (χ3n) is 1.65. The lowest BCUT2D eigenvalue weighted by atomic mass is 10.2. The van der Waals surface area contributed by atoms with Gasteiger partial charge in [0.15, 0.2) is 10.3 Å². The Kier molecular flexibility index (Phi) is 2.06. The summed E-state index contributed by atoms with van der Waals surface area (Å²) in [5.74, 6) is -0.376. The quantitative estimate of drug-likeness (QED) is 0.677. The Hall–Kier alpha value is -0.930. The van der Waals surface area contributed by atoms with Gasteiger partial charge >= 0.3 is 0 Å². The minimum absolute atomic E-state index is 0.152. The highest BCUT2D eigenvalue weighted by atomic mass is 35.5. The molecule has 0 atom stereocenters. The summed E-state index contributed by atoms with van der Waals surface area (Å²) in [7, 11) is 0. The number of hydrogen-bond acceptors (Lipinski definition) is 2. The summed E-state index contributed by atoms with van der Waals surface area (Å²) >= 11 is 11.4. The van der Waals surface area contributed by atoms with Crippen molar-refractivity contribution in [2.24, 2.45) is 0 Å². The molecule has 0 N–H and O–H groups in total. The highest BCUT2D eigenvalue weighted by Gasteiger charge is 2.06. The van der Waals surface area contributed by atoms with Gasteiger partial charge < -0.3 is 0 Å². The van der Waals surface area contributed by atoms with E-state index in [1.54, 1.807) is 0 Å². The van der Waals surface area contributed by atoms with Crippen LogP contribution in [-0.2, 0) is 0 Å². The van der Waals surface area contributed by atoms with Crippen LogP contribution in [0.15, 0.2) is 18.2 Å². The smallest absolute Gasteiger partial charge is 0.159 e. The molecule has 1 heterocycles. The molecular formula is C8H3Cl2FN2. The fraction of sp³-hybridized carbons (Fsp3) is 0. The lowest BCUT2D eigenvalue weighted by Crippen LogP contribution is -1.87. The predicted octanol–water partition coefficient (Wildman–Crippen LogP) is 3.08. The summed E-state index contributed by atoms with van der Waals surface area (Å²) < 4.78 is 12.8. The Morgan fingerprint density at radius 1 is 1.00 bits per heavy atom. The van der Waals surface area contributed by atoms with Gasteiger partial charge in [0.1, 0.15) is 5.82 Å². The zero-order valence-electron chi connectivity index (χ0n) is 6.26. The van der Waals surface area contributed by atoms with Crippen LogP contribution in [0.4, 0.5) is 4.39 Å². The van der Waals surface area contributed by atoms with Gasteiger partial charge in [-0.15, -0.1) is 10.2 Å². The van der Waals surface area contributed by atoms with Crippen LogP contribution in [0.25, 0.3) is 10.8 Å². The number of rotatable bonds is 0. The lowest BCUT2D eigenvalue weighted by molar-refractivity contribution is 0.629. The summed E-state index contributed by atoms with van der Waals surface area (Å²) in [5, 5.41) is 8.61. The highest BCUT2D eigenvalue weighted by Crippen LogP contribution is 2.26. The van der Waals surface area contributed by atoms with Crippen molar-refractivity contribution in [1.29, 1.82) is 0 Å². The second-order valence-corrected chi connectivity index (χ2v) is 3.19. The molecule has 0 unspecified atom stereocenters. The van der Waals surface area contributed by atoms with E-state index in [2.05, 4.69) is 10.2 Å². The number of halogens is 3. The third-order valence-corrected chi connectivity index (χ3v) is 2.21. The average molecular weight is 217 g/mol. The Morgan fingerprint density at radius 2 is 1.62 bits per heavy atom. The molecule has 0 aliphatic rings. The fourth-order valence-corrected chi connectivity index (χ4v) is 1.46. The van der Waals surface area contributed by atoms with Crippen LogP contribution in [0.2, 0.25) is 10.3 Å². The van der Waals surface area contributed by atoms with Gasteiger partial charge in [-0.1, -0.05) is 23.2 Å². The number of benzene rings is 1. The van der Waals surface area contributed by atoms with Crippen molar-refractivity contribution in [3.05, 3.63) is 34.3 Å². The van der Waals surface area contributed by atoms with E-state index in [1.807, 2.05) is 0 Å². The van der Waals surface area contributed by atoms with E-state index in [0.717, 1.165) is 0 Å². The minimum atomic E-state index is -0.376. The summed E-state index contributed by atoms with van der Waals surface area (Å²) in [6.45, 7) is 0. The largest absolute Gasteiger partial charge is 0.207 e. The highest BCUT2D eigenvalue weighted by molar-refractivity contribution is 6.38. The van der Waals surface area contributed by atoms with Crippen LogP contribution in [-0.4, -0.2) is 10.2 Å². The molecule has 66 valence electrons. The molecule has 1 aromatic carbocycles. The van der Waals surface area contributed by atoms with Crippen molar-refractivity contribution in [1.82, 2.24) is 10.2 Å². The standard InChI is InChI=1S/C8H3Cl2FN2/c9-7-5-2-1-4(11)3-6(5)8(10)13-12-7/h1-3H. The van der Waals surface area contributed by atoms with E-state index in [4.69, 9.17) is 23.2 Å². The summed E-state index contributed by atoms with van der Waals surface area (Å²) in [6, 6.07) is 4.10. The second-order valence-electron chi connectivity index (χ2n) is 2.47. The molecule has 0 saturated carbocycles. The van der Waals surface area contributed by atoms with Gasteiger partial charge in [-0.2, -0.15) is 0 Å². The Labute approximate surface area is 83.3 Å². The molecule has 1 aromatic heterocycles. The molecular weight excluding hydrogens is 214 g/mol. The molecule has 13 heavy (non-hydrogen) atoms. The Balaban J connectivity index is 2.92. The molecule has 2 rings (SSSR count). The van der Waals surface area contributed by atoms with Gasteiger partial charge in [0.05, 0.1) is 0 Å². The first-order valence-corrected chi connectivity index (χ1v) is 4.21. The van der Waals surface area contributed by atoms with E-state index in [9.17, 15) is 4.39 Å². The fourth-order valence-electron chi connectivity index (χ4n) is 1.06. The Morgan fingerprint density at radius 3 is 2.31 bits per heavy atom. The van der Waals surface area contributed by atoms with Crippen LogP contribution < -0.4 is 0 Å². The SMILES string of the molecule is Fc1ccc2c(Cl)nnc(Cl)c2c1.